The molecule has 1 heterocycles. The van der Waals surface area contributed by atoms with Crippen LogP contribution in [0.15, 0.2) is 18.1 Å². The molecule has 1 saturated heterocycles. The number of allylic oxidation sites excluding steroid dienone is 1. The molecule has 0 aromatic heterocycles. The van der Waals surface area contributed by atoms with Gasteiger partial charge < -0.3 is 4.74 Å². The largest absolute Gasteiger partial charge is 0.422 e. The standard InChI is InChI=1S/C6H6O2/c1-2-5-3-4-6(7)8-5/h1,3-4H2. The van der Waals surface area contributed by atoms with Crippen molar-refractivity contribution in [3.8, 4) is 0 Å². The predicted molar refractivity (Wildman–Crippen MR) is 28.0 cm³/mol. The second-order valence-corrected chi connectivity index (χ2v) is 1.57. The molecule has 2 heteroatoms. The Hall–Kier alpha value is -1.01. The molecule has 0 aromatic rings. The van der Waals surface area contributed by atoms with Crippen molar-refractivity contribution in [3.05, 3.63) is 18.1 Å². The zero-order valence-corrected chi connectivity index (χ0v) is 4.44. The van der Waals surface area contributed by atoms with Crippen molar-refractivity contribution in [2.45, 2.75) is 12.8 Å². The van der Waals surface area contributed by atoms with Crippen molar-refractivity contribution in [2.24, 2.45) is 0 Å². The van der Waals surface area contributed by atoms with Gasteiger partial charge in [0.25, 0.3) is 0 Å². The topological polar surface area (TPSA) is 26.3 Å². The number of rotatable bonds is 0. The summed E-state index contributed by atoms with van der Waals surface area (Å²) in [7, 11) is 0. The van der Waals surface area contributed by atoms with Gasteiger partial charge in [0.2, 0.25) is 0 Å². The van der Waals surface area contributed by atoms with E-state index in [2.05, 4.69) is 17.0 Å². The Morgan fingerprint density at radius 3 is 2.62 bits per heavy atom. The fourth-order valence-corrected chi connectivity index (χ4v) is 0.580. The van der Waals surface area contributed by atoms with E-state index < -0.39 is 0 Å². The van der Waals surface area contributed by atoms with Crippen LogP contribution >= 0.6 is 0 Å². The molecule has 0 amide bonds. The molecule has 0 aromatic carbocycles. The maximum absolute atomic E-state index is 10.3. The van der Waals surface area contributed by atoms with Gasteiger partial charge in [-0.1, -0.05) is 12.3 Å². The van der Waals surface area contributed by atoms with Gasteiger partial charge in [-0.3, -0.25) is 4.79 Å². The van der Waals surface area contributed by atoms with Gasteiger partial charge in [0, 0.05) is 6.42 Å². The average Bonchev–Trinajstić information content (AvgIpc) is 2.14. The molecular formula is C6H6O2. The van der Waals surface area contributed by atoms with Crippen LogP contribution in [0.4, 0.5) is 0 Å². The SMILES string of the molecule is C=C=C1CCC(=O)O1. The Bertz CT molecular complexity index is 163. The molecule has 1 fully saturated rings. The highest BCUT2D eigenvalue weighted by Gasteiger charge is 2.15. The lowest BCUT2D eigenvalue weighted by Gasteiger charge is -1.85. The second kappa shape index (κ2) is 1.85. The summed E-state index contributed by atoms with van der Waals surface area (Å²) in [5.74, 6) is 0.408. The van der Waals surface area contributed by atoms with Crippen LogP contribution in [0.2, 0.25) is 0 Å². The fourth-order valence-electron chi connectivity index (χ4n) is 0.580. The number of cyclic esters (lactones) is 1. The van der Waals surface area contributed by atoms with E-state index in [0.29, 0.717) is 18.6 Å². The number of hydrogen-bond acceptors (Lipinski definition) is 2. The van der Waals surface area contributed by atoms with E-state index in [1.807, 2.05) is 0 Å². The van der Waals surface area contributed by atoms with Crippen molar-refractivity contribution < 1.29 is 9.53 Å². The molecule has 0 bridgehead atoms. The summed E-state index contributed by atoms with van der Waals surface area (Å²) in [6.07, 6.45) is 1.15. The van der Waals surface area contributed by atoms with E-state index in [1.54, 1.807) is 0 Å². The maximum atomic E-state index is 10.3. The van der Waals surface area contributed by atoms with Crippen LogP contribution in [0.5, 0.6) is 0 Å². The number of hydrogen-bond donors (Lipinski definition) is 0. The first-order valence-electron chi connectivity index (χ1n) is 2.42. The zero-order valence-electron chi connectivity index (χ0n) is 4.44. The van der Waals surface area contributed by atoms with Crippen LogP contribution in [0.3, 0.4) is 0 Å². The molecule has 1 aliphatic rings. The quantitative estimate of drug-likeness (QED) is 0.343. The lowest BCUT2D eigenvalue weighted by Crippen LogP contribution is -1.87. The number of ether oxygens (including phenoxy) is 1. The lowest BCUT2D eigenvalue weighted by atomic mass is 10.3. The Kier molecular flexibility index (Phi) is 1.18. The summed E-state index contributed by atoms with van der Waals surface area (Å²) in [6, 6.07) is 0. The highest BCUT2D eigenvalue weighted by atomic mass is 16.5. The summed E-state index contributed by atoms with van der Waals surface area (Å²) in [6.45, 7) is 3.34. The third-order valence-electron chi connectivity index (χ3n) is 0.990. The monoisotopic (exact) mass is 110 g/mol. The molecule has 1 aliphatic heterocycles. The minimum Gasteiger partial charge on any atom is -0.422 e. The molecule has 42 valence electrons. The second-order valence-electron chi connectivity index (χ2n) is 1.57. The Morgan fingerprint density at radius 1 is 1.62 bits per heavy atom. The third kappa shape index (κ3) is 0.796. The van der Waals surface area contributed by atoms with E-state index in [9.17, 15) is 4.79 Å². The molecular weight excluding hydrogens is 104 g/mol. The molecule has 0 saturated carbocycles. The molecule has 0 aliphatic carbocycles. The van der Waals surface area contributed by atoms with E-state index in [1.165, 1.54) is 0 Å². The van der Waals surface area contributed by atoms with Gasteiger partial charge >= 0.3 is 5.97 Å². The Balaban J connectivity index is 2.70. The lowest BCUT2D eigenvalue weighted by molar-refractivity contribution is -0.135. The van der Waals surface area contributed by atoms with E-state index in [4.69, 9.17) is 0 Å². The van der Waals surface area contributed by atoms with E-state index in [-0.39, 0.29) is 5.97 Å². The molecule has 0 spiro atoms. The van der Waals surface area contributed by atoms with Crippen molar-refractivity contribution in [1.82, 2.24) is 0 Å². The van der Waals surface area contributed by atoms with Crippen LogP contribution in [0, 0.1) is 0 Å². The average molecular weight is 110 g/mol. The maximum Gasteiger partial charge on any atom is 0.311 e. The smallest absolute Gasteiger partial charge is 0.311 e. The predicted octanol–water partition coefficient (Wildman–Crippen LogP) is 0.992. The van der Waals surface area contributed by atoms with Crippen molar-refractivity contribution in [3.63, 3.8) is 0 Å². The summed E-state index contributed by atoms with van der Waals surface area (Å²) >= 11 is 0. The van der Waals surface area contributed by atoms with Crippen LogP contribution in [0.25, 0.3) is 0 Å². The van der Waals surface area contributed by atoms with E-state index in [0.717, 1.165) is 0 Å². The zero-order chi connectivity index (χ0) is 5.98. The van der Waals surface area contributed by atoms with Gasteiger partial charge in [-0.05, 0) is 0 Å². The van der Waals surface area contributed by atoms with Gasteiger partial charge in [0.1, 0.15) is 5.76 Å². The van der Waals surface area contributed by atoms with E-state index >= 15 is 0 Å². The molecule has 0 unspecified atom stereocenters. The first-order chi connectivity index (χ1) is 3.83. The van der Waals surface area contributed by atoms with Crippen LogP contribution < -0.4 is 0 Å². The molecule has 0 N–H and O–H groups in total. The van der Waals surface area contributed by atoms with Gasteiger partial charge in [0.15, 0.2) is 0 Å². The highest BCUT2D eigenvalue weighted by Crippen LogP contribution is 2.14. The summed E-state index contributed by atoms with van der Waals surface area (Å²) < 4.78 is 4.61. The van der Waals surface area contributed by atoms with Crippen molar-refractivity contribution in [2.75, 3.05) is 0 Å². The molecule has 0 atom stereocenters. The number of carbonyl (C=O) groups is 1. The summed E-state index contributed by atoms with van der Waals surface area (Å²) in [5.41, 5.74) is 2.52. The minimum absolute atomic E-state index is 0.170. The van der Waals surface area contributed by atoms with Gasteiger partial charge in [0.05, 0.1) is 6.42 Å². The van der Waals surface area contributed by atoms with Gasteiger partial charge in [-0.15, -0.1) is 0 Å². The van der Waals surface area contributed by atoms with Gasteiger partial charge in [-0.25, -0.2) is 0 Å². The fraction of sp³-hybridized carbons (Fsp3) is 0.333. The van der Waals surface area contributed by atoms with Crippen molar-refractivity contribution in [1.29, 1.82) is 0 Å². The molecule has 1 rings (SSSR count). The number of esters is 1. The molecule has 8 heavy (non-hydrogen) atoms. The summed E-state index contributed by atoms with van der Waals surface area (Å²) in [4.78, 5) is 10.3. The van der Waals surface area contributed by atoms with Crippen molar-refractivity contribution >= 4 is 5.97 Å². The molecule has 2 nitrogen and oxygen atoms in total. The highest BCUT2D eigenvalue weighted by molar-refractivity contribution is 5.73. The Labute approximate surface area is 47.5 Å². The van der Waals surface area contributed by atoms with Crippen LogP contribution in [-0.2, 0) is 9.53 Å². The third-order valence-corrected chi connectivity index (χ3v) is 0.990. The van der Waals surface area contributed by atoms with Crippen LogP contribution in [-0.4, -0.2) is 5.97 Å². The first kappa shape index (κ1) is 5.13. The Morgan fingerprint density at radius 2 is 2.38 bits per heavy atom. The minimum atomic E-state index is -0.170. The van der Waals surface area contributed by atoms with Gasteiger partial charge in [-0.2, -0.15) is 0 Å². The normalized spacial score (nSPS) is 18.0. The summed E-state index contributed by atoms with van der Waals surface area (Å²) in [5, 5.41) is 0. The number of carbonyl (C=O) groups excluding carboxylic acids is 1. The van der Waals surface area contributed by atoms with Crippen LogP contribution in [0.1, 0.15) is 12.8 Å². The first-order valence-corrected chi connectivity index (χ1v) is 2.42. The molecule has 0 radical (unpaired) electrons.